The van der Waals surface area contributed by atoms with E-state index in [9.17, 15) is 0 Å². The first-order chi connectivity index (χ1) is 7.90. The predicted octanol–water partition coefficient (Wildman–Crippen LogP) is 2.64. The Bertz CT molecular complexity index is 185. The maximum absolute atomic E-state index is 3.54. The van der Waals surface area contributed by atoms with Crippen LogP contribution < -0.4 is 5.32 Å². The monoisotopic (exact) mass is 224 g/mol. The Hall–Kier alpha value is -0.0800. The van der Waals surface area contributed by atoms with Crippen LogP contribution in [0.2, 0.25) is 0 Å². The van der Waals surface area contributed by atoms with E-state index in [-0.39, 0.29) is 0 Å². The third-order valence-corrected chi connectivity index (χ3v) is 4.39. The Morgan fingerprint density at radius 3 is 2.75 bits per heavy atom. The number of piperazine rings is 1. The molecular weight excluding hydrogens is 196 g/mol. The molecule has 0 bridgehead atoms. The largest absolute Gasteiger partial charge is 0.314 e. The summed E-state index contributed by atoms with van der Waals surface area (Å²) in [6.45, 7) is 7.36. The average Bonchev–Trinajstić information content (AvgIpc) is 2.81. The van der Waals surface area contributed by atoms with E-state index in [1.54, 1.807) is 0 Å². The Kier molecular flexibility index (Phi) is 5.11. The van der Waals surface area contributed by atoms with Gasteiger partial charge >= 0.3 is 0 Å². The van der Waals surface area contributed by atoms with E-state index in [0.29, 0.717) is 0 Å². The molecule has 16 heavy (non-hydrogen) atoms. The Balaban J connectivity index is 1.72. The molecule has 1 heterocycles. The molecule has 2 nitrogen and oxygen atoms in total. The van der Waals surface area contributed by atoms with Gasteiger partial charge in [0.25, 0.3) is 0 Å². The van der Waals surface area contributed by atoms with Crippen molar-refractivity contribution < 1.29 is 0 Å². The fraction of sp³-hybridized carbons (Fsp3) is 1.00. The second-order valence-corrected chi connectivity index (χ2v) is 5.62. The van der Waals surface area contributed by atoms with Crippen LogP contribution in [0.15, 0.2) is 0 Å². The second kappa shape index (κ2) is 6.61. The Morgan fingerprint density at radius 1 is 1.19 bits per heavy atom. The molecule has 0 radical (unpaired) electrons. The van der Waals surface area contributed by atoms with Crippen LogP contribution in [-0.2, 0) is 0 Å². The van der Waals surface area contributed by atoms with Crippen LogP contribution in [-0.4, -0.2) is 37.1 Å². The van der Waals surface area contributed by atoms with Gasteiger partial charge in [0.1, 0.15) is 0 Å². The first-order valence-corrected chi connectivity index (χ1v) is 7.35. The zero-order valence-corrected chi connectivity index (χ0v) is 10.9. The summed E-state index contributed by atoms with van der Waals surface area (Å²) in [5, 5.41) is 3.54. The summed E-state index contributed by atoms with van der Waals surface area (Å²) < 4.78 is 0. The van der Waals surface area contributed by atoms with Gasteiger partial charge in [-0.1, -0.05) is 39.0 Å². The molecular formula is C14H28N2. The minimum Gasteiger partial charge on any atom is -0.314 e. The van der Waals surface area contributed by atoms with Crippen molar-refractivity contribution in [3.63, 3.8) is 0 Å². The molecule has 0 aromatic carbocycles. The third kappa shape index (κ3) is 3.46. The van der Waals surface area contributed by atoms with E-state index in [1.165, 1.54) is 71.1 Å². The van der Waals surface area contributed by atoms with E-state index in [2.05, 4.69) is 17.1 Å². The summed E-state index contributed by atoms with van der Waals surface area (Å²) in [6.07, 6.45) is 10.1. The molecule has 1 atom stereocenters. The lowest BCUT2D eigenvalue weighted by atomic mass is 10.0. The van der Waals surface area contributed by atoms with Gasteiger partial charge in [-0.3, -0.25) is 4.90 Å². The first-order valence-electron chi connectivity index (χ1n) is 7.35. The molecule has 1 aliphatic heterocycles. The van der Waals surface area contributed by atoms with Gasteiger partial charge in [-0.05, 0) is 25.3 Å². The molecule has 1 saturated heterocycles. The zero-order chi connectivity index (χ0) is 11.2. The van der Waals surface area contributed by atoms with Crippen LogP contribution in [0, 0.1) is 5.92 Å². The number of nitrogens with one attached hydrogen (secondary N) is 1. The summed E-state index contributed by atoms with van der Waals surface area (Å²) in [5.74, 6) is 1.05. The van der Waals surface area contributed by atoms with Gasteiger partial charge in [0.05, 0.1) is 0 Å². The van der Waals surface area contributed by atoms with Gasteiger partial charge in [-0.15, -0.1) is 0 Å². The second-order valence-electron chi connectivity index (χ2n) is 5.62. The van der Waals surface area contributed by atoms with E-state index in [0.717, 1.165) is 12.0 Å². The van der Waals surface area contributed by atoms with Gasteiger partial charge in [0.2, 0.25) is 0 Å². The molecule has 1 unspecified atom stereocenters. The van der Waals surface area contributed by atoms with Crippen LogP contribution in [0.4, 0.5) is 0 Å². The van der Waals surface area contributed by atoms with Gasteiger partial charge in [0, 0.05) is 25.7 Å². The number of rotatable bonds is 5. The molecule has 0 spiro atoms. The average molecular weight is 224 g/mol. The minimum absolute atomic E-state index is 0.820. The highest BCUT2D eigenvalue weighted by molar-refractivity contribution is 4.80. The molecule has 94 valence electrons. The van der Waals surface area contributed by atoms with Crippen LogP contribution in [0.1, 0.15) is 51.9 Å². The maximum Gasteiger partial charge on any atom is 0.0221 e. The smallest absolute Gasteiger partial charge is 0.0221 e. The van der Waals surface area contributed by atoms with Crippen molar-refractivity contribution in [3.8, 4) is 0 Å². The van der Waals surface area contributed by atoms with Gasteiger partial charge in [-0.25, -0.2) is 0 Å². The lowest BCUT2D eigenvalue weighted by Gasteiger charge is -2.36. The van der Waals surface area contributed by atoms with Crippen molar-refractivity contribution in [1.29, 1.82) is 0 Å². The van der Waals surface area contributed by atoms with Gasteiger partial charge < -0.3 is 5.32 Å². The van der Waals surface area contributed by atoms with E-state index < -0.39 is 0 Å². The molecule has 1 N–H and O–H groups in total. The lowest BCUT2D eigenvalue weighted by Crippen LogP contribution is -2.51. The maximum atomic E-state index is 3.54. The standard InChI is InChI=1S/C14H28N2/c1-2-5-14-12-15-9-11-16(14)10-8-13-6-3-4-7-13/h13-15H,2-12H2,1H3. The Labute approximate surface area is 101 Å². The molecule has 2 rings (SSSR count). The molecule has 2 heteroatoms. The normalized spacial score (nSPS) is 28.7. The summed E-state index contributed by atoms with van der Waals surface area (Å²) in [5.41, 5.74) is 0. The van der Waals surface area contributed by atoms with Crippen molar-refractivity contribution in [1.82, 2.24) is 10.2 Å². The van der Waals surface area contributed by atoms with Crippen LogP contribution in [0.3, 0.4) is 0 Å². The summed E-state index contributed by atoms with van der Waals surface area (Å²) >= 11 is 0. The first kappa shape index (κ1) is 12.4. The van der Waals surface area contributed by atoms with Crippen LogP contribution >= 0.6 is 0 Å². The van der Waals surface area contributed by atoms with Crippen LogP contribution in [0.25, 0.3) is 0 Å². The highest BCUT2D eigenvalue weighted by atomic mass is 15.2. The van der Waals surface area contributed by atoms with Crippen molar-refractivity contribution >= 4 is 0 Å². The fourth-order valence-electron chi connectivity index (χ4n) is 3.36. The van der Waals surface area contributed by atoms with Gasteiger partial charge in [0.15, 0.2) is 0 Å². The Morgan fingerprint density at radius 2 is 2.00 bits per heavy atom. The summed E-state index contributed by atoms with van der Waals surface area (Å²) in [6, 6.07) is 0.820. The van der Waals surface area contributed by atoms with Crippen molar-refractivity contribution in [2.45, 2.75) is 57.9 Å². The van der Waals surface area contributed by atoms with Gasteiger partial charge in [-0.2, -0.15) is 0 Å². The molecule has 1 aliphatic carbocycles. The zero-order valence-electron chi connectivity index (χ0n) is 10.9. The van der Waals surface area contributed by atoms with Crippen LogP contribution in [0.5, 0.6) is 0 Å². The lowest BCUT2D eigenvalue weighted by molar-refractivity contribution is 0.143. The summed E-state index contributed by atoms with van der Waals surface area (Å²) in [4.78, 5) is 2.75. The fourth-order valence-corrected chi connectivity index (χ4v) is 3.36. The predicted molar refractivity (Wildman–Crippen MR) is 69.7 cm³/mol. The quantitative estimate of drug-likeness (QED) is 0.772. The molecule has 1 saturated carbocycles. The minimum atomic E-state index is 0.820. The number of hydrogen-bond acceptors (Lipinski definition) is 2. The molecule has 2 fully saturated rings. The highest BCUT2D eigenvalue weighted by Gasteiger charge is 2.22. The third-order valence-electron chi connectivity index (χ3n) is 4.39. The summed E-state index contributed by atoms with van der Waals surface area (Å²) in [7, 11) is 0. The molecule has 2 aliphatic rings. The van der Waals surface area contributed by atoms with E-state index in [4.69, 9.17) is 0 Å². The molecule has 0 aromatic heterocycles. The molecule has 0 amide bonds. The number of nitrogens with zero attached hydrogens (tertiary/aromatic N) is 1. The van der Waals surface area contributed by atoms with E-state index in [1.807, 2.05) is 0 Å². The van der Waals surface area contributed by atoms with Crippen molar-refractivity contribution in [2.75, 3.05) is 26.2 Å². The van der Waals surface area contributed by atoms with E-state index >= 15 is 0 Å². The highest BCUT2D eigenvalue weighted by Crippen LogP contribution is 2.28. The topological polar surface area (TPSA) is 15.3 Å². The van der Waals surface area contributed by atoms with Crippen molar-refractivity contribution in [3.05, 3.63) is 0 Å². The SMILES string of the molecule is CCCC1CNCCN1CCC1CCCC1. The molecule has 0 aromatic rings. The number of hydrogen-bond donors (Lipinski definition) is 1. The van der Waals surface area contributed by atoms with Crippen molar-refractivity contribution in [2.24, 2.45) is 5.92 Å².